The number of aryl methyl sites for hydroxylation is 2. The van der Waals surface area contributed by atoms with Crippen molar-refractivity contribution in [3.8, 4) is 0 Å². The van der Waals surface area contributed by atoms with Crippen LogP contribution in [0.2, 0.25) is 0 Å². The molecule has 0 aliphatic rings. The van der Waals surface area contributed by atoms with Crippen molar-refractivity contribution in [3.05, 3.63) is 47.0 Å². The number of amides is 2. The first-order valence-electron chi connectivity index (χ1n) is 7.40. The number of carbonyl (C=O) groups is 1. The van der Waals surface area contributed by atoms with E-state index in [1.165, 1.54) is 11.3 Å². The maximum Gasteiger partial charge on any atom is 0.325 e. The summed E-state index contributed by atoms with van der Waals surface area (Å²) in [5.41, 5.74) is 3.66. The molecule has 0 radical (unpaired) electrons. The molecular formula is C17H14N4OS2. The summed E-state index contributed by atoms with van der Waals surface area (Å²) in [6, 6.07) is 11.4. The minimum atomic E-state index is -0.301. The number of hydrogen-bond donors (Lipinski definition) is 2. The van der Waals surface area contributed by atoms with Gasteiger partial charge in [0.15, 0.2) is 5.13 Å². The average molecular weight is 354 g/mol. The number of urea groups is 1. The molecule has 2 amide bonds. The van der Waals surface area contributed by atoms with Crippen molar-refractivity contribution in [2.45, 2.75) is 13.8 Å². The van der Waals surface area contributed by atoms with Gasteiger partial charge in [0, 0.05) is 5.69 Å². The number of aromatic nitrogens is 2. The van der Waals surface area contributed by atoms with Crippen LogP contribution in [-0.4, -0.2) is 16.0 Å². The Labute approximate surface area is 146 Å². The summed E-state index contributed by atoms with van der Waals surface area (Å²) < 4.78 is 2.14. The molecule has 0 spiro atoms. The van der Waals surface area contributed by atoms with Gasteiger partial charge >= 0.3 is 6.03 Å². The number of hydrogen-bond acceptors (Lipinski definition) is 5. The van der Waals surface area contributed by atoms with Gasteiger partial charge in [-0.1, -0.05) is 23.5 Å². The van der Waals surface area contributed by atoms with Crippen molar-refractivity contribution in [1.82, 2.24) is 9.97 Å². The van der Waals surface area contributed by atoms with Crippen molar-refractivity contribution in [3.63, 3.8) is 0 Å². The van der Waals surface area contributed by atoms with Crippen LogP contribution >= 0.6 is 22.7 Å². The fourth-order valence-corrected chi connectivity index (χ4v) is 4.38. The summed E-state index contributed by atoms with van der Waals surface area (Å²) in [5.74, 6) is 0. The van der Waals surface area contributed by atoms with Crippen LogP contribution in [0, 0.1) is 13.8 Å². The highest BCUT2D eigenvalue weighted by Crippen LogP contribution is 2.34. The summed E-state index contributed by atoms with van der Waals surface area (Å²) in [6.07, 6.45) is 0. The zero-order valence-corrected chi connectivity index (χ0v) is 14.7. The molecule has 7 heteroatoms. The Morgan fingerprint density at radius 2 is 1.92 bits per heavy atom. The van der Waals surface area contributed by atoms with Crippen LogP contribution in [0.5, 0.6) is 0 Å². The Bertz CT molecular complexity index is 1070. The molecule has 0 aliphatic carbocycles. The molecule has 120 valence electrons. The molecule has 0 saturated carbocycles. The predicted molar refractivity (Wildman–Crippen MR) is 101 cm³/mol. The molecule has 0 atom stereocenters. The van der Waals surface area contributed by atoms with Gasteiger partial charge in [0.2, 0.25) is 0 Å². The first-order chi connectivity index (χ1) is 11.6. The van der Waals surface area contributed by atoms with Gasteiger partial charge in [-0.15, -0.1) is 11.3 Å². The van der Waals surface area contributed by atoms with E-state index >= 15 is 0 Å². The summed E-state index contributed by atoms with van der Waals surface area (Å²) >= 11 is 3.10. The van der Waals surface area contributed by atoms with Crippen molar-refractivity contribution >= 4 is 60.0 Å². The number of thiazole rings is 2. The zero-order valence-electron chi connectivity index (χ0n) is 13.1. The number of carbonyl (C=O) groups excluding carboxylic acids is 1. The Kier molecular flexibility index (Phi) is 3.66. The maximum absolute atomic E-state index is 12.2. The molecule has 0 bridgehead atoms. The second kappa shape index (κ2) is 5.85. The molecule has 0 fully saturated rings. The second-order valence-electron chi connectivity index (χ2n) is 5.46. The molecule has 2 heterocycles. The second-order valence-corrected chi connectivity index (χ2v) is 7.69. The van der Waals surface area contributed by atoms with Crippen molar-refractivity contribution in [1.29, 1.82) is 0 Å². The van der Waals surface area contributed by atoms with Gasteiger partial charge in [0.25, 0.3) is 0 Å². The summed E-state index contributed by atoms with van der Waals surface area (Å²) in [7, 11) is 0. The van der Waals surface area contributed by atoms with E-state index in [0.717, 1.165) is 36.7 Å². The lowest BCUT2D eigenvalue weighted by molar-refractivity contribution is 0.262. The van der Waals surface area contributed by atoms with E-state index in [2.05, 4.69) is 20.6 Å². The lowest BCUT2D eigenvalue weighted by Gasteiger charge is -2.05. The molecule has 24 heavy (non-hydrogen) atoms. The Morgan fingerprint density at radius 1 is 1.04 bits per heavy atom. The molecule has 0 saturated heterocycles. The molecule has 2 aromatic carbocycles. The highest BCUT2D eigenvalue weighted by atomic mass is 32.1. The topological polar surface area (TPSA) is 66.9 Å². The van der Waals surface area contributed by atoms with Gasteiger partial charge in [-0.05, 0) is 43.7 Å². The van der Waals surface area contributed by atoms with E-state index in [1.807, 2.05) is 50.2 Å². The Hall–Kier alpha value is -2.51. The van der Waals surface area contributed by atoms with Crippen molar-refractivity contribution in [2.75, 3.05) is 10.6 Å². The number of nitrogens with one attached hydrogen (secondary N) is 2. The fraction of sp³-hybridized carbons (Fsp3) is 0.118. The maximum atomic E-state index is 12.2. The standard InChI is InChI=1S/C17H14N4OS2/c1-9-4-3-5-11(8-9)19-16(22)21-17-20-12-6-7-13-14(15(12)24-17)18-10(2)23-13/h3-8H,1-2H3,(H2,19,20,21,22). The van der Waals surface area contributed by atoms with Gasteiger partial charge in [-0.25, -0.2) is 14.8 Å². The van der Waals surface area contributed by atoms with E-state index < -0.39 is 0 Å². The van der Waals surface area contributed by atoms with Crippen LogP contribution in [-0.2, 0) is 0 Å². The molecule has 5 nitrogen and oxygen atoms in total. The first kappa shape index (κ1) is 15.0. The Balaban J connectivity index is 1.60. The van der Waals surface area contributed by atoms with Crippen LogP contribution in [0.25, 0.3) is 20.4 Å². The van der Waals surface area contributed by atoms with Crippen LogP contribution in [0.15, 0.2) is 36.4 Å². The molecular weight excluding hydrogens is 340 g/mol. The lowest BCUT2D eigenvalue weighted by Crippen LogP contribution is -2.19. The van der Waals surface area contributed by atoms with Crippen molar-refractivity contribution < 1.29 is 4.79 Å². The van der Waals surface area contributed by atoms with E-state index in [4.69, 9.17) is 0 Å². The van der Waals surface area contributed by atoms with Gasteiger partial charge in [0.1, 0.15) is 5.52 Å². The molecule has 0 unspecified atom stereocenters. The van der Waals surface area contributed by atoms with Gasteiger partial charge in [0.05, 0.1) is 19.9 Å². The van der Waals surface area contributed by atoms with Crippen LogP contribution in [0.4, 0.5) is 15.6 Å². The minimum absolute atomic E-state index is 0.301. The lowest BCUT2D eigenvalue weighted by atomic mass is 10.2. The van der Waals surface area contributed by atoms with E-state index in [1.54, 1.807) is 11.3 Å². The van der Waals surface area contributed by atoms with E-state index in [0.29, 0.717) is 5.13 Å². The monoisotopic (exact) mass is 354 g/mol. The van der Waals surface area contributed by atoms with Gasteiger partial charge < -0.3 is 5.32 Å². The number of fused-ring (bicyclic) bond motifs is 3. The third kappa shape index (κ3) is 2.83. The normalized spacial score (nSPS) is 11.1. The highest BCUT2D eigenvalue weighted by Gasteiger charge is 2.12. The summed E-state index contributed by atoms with van der Waals surface area (Å²) in [4.78, 5) is 21.2. The number of nitrogens with zero attached hydrogens (tertiary/aromatic N) is 2. The predicted octanol–water partition coefficient (Wildman–Crippen LogP) is 5.17. The zero-order chi connectivity index (χ0) is 16.7. The summed E-state index contributed by atoms with van der Waals surface area (Å²) in [5, 5.41) is 7.21. The number of rotatable bonds is 2. The van der Waals surface area contributed by atoms with Gasteiger partial charge in [-0.2, -0.15) is 0 Å². The highest BCUT2D eigenvalue weighted by molar-refractivity contribution is 7.24. The number of anilines is 2. The summed E-state index contributed by atoms with van der Waals surface area (Å²) in [6.45, 7) is 3.98. The Morgan fingerprint density at radius 3 is 2.75 bits per heavy atom. The molecule has 4 aromatic rings. The van der Waals surface area contributed by atoms with Crippen molar-refractivity contribution in [2.24, 2.45) is 0 Å². The minimum Gasteiger partial charge on any atom is -0.308 e. The first-order valence-corrected chi connectivity index (χ1v) is 9.03. The molecule has 0 aliphatic heterocycles. The van der Waals surface area contributed by atoms with Crippen LogP contribution < -0.4 is 10.6 Å². The van der Waals surface area contributed by atoms with Gasteiger partial charge in [-0.3, -0.25) is 5.32 Å². The third-order valence-corrected chi connectivity index (χ3v) is 5.45. The molecule has 2 aromatic heterocycles. The number of benzene rings is 2. The molecule has 2 N–H and O–H groups in total. The fourth-order valence-electron chi connectivity index (χ4n) is 2.52. The third-order valence-electron chi connectivity index (χ3n) is 3.52. The van der Waals surface area contributed by atoms with Crippen LogP contribution in [0.1, 0.15) is 10.6 Å². The van der Waals surface area contributed by atoms with E-state index in [-0.39, 0.29) is 6.03 Å². The largest absolute Gasteiger partial charge is 0.325 e. The average Bonchev–Trinajstić information content (AvgIpc) is 3.08. The van der Waals surface area contributed by atoms with E-state index in [9.17, 15) is 4.79 Å². The smallest absolute Gasteiger partial charge is 0.308 e. The quantitative estimate of drug-likeness (QED) is 0.522. The van der Waals surface area contributed by atoms with Crippen LogP contribution in [0.3, 0.4) is 0 Å². The SMILES string of the molecule is Cc1cccc(NC(=O)Nc2nc3ccc4sc(C)nc4c3s2)c1. The molecule has 4 rings (SSSR count).